The van der Waals surface area contributed by atoms with E-state index in [1.807, 2.05) is 0 Å². The summed E-state index contributed by atoms with van der Waals surface area (Å²) < 4.78 is 19.1. The van der Waals surface area contributed by atoms with Gasteiger partial charge in [-0.3, -0.25) is 0 Å². The van der Waals surface area contributed by atoms with Crippen LogP contribution >= 0.6 is 0 Å². The molecule has 2 aromatic carbocycles. The van der Waals surface area contributed by atoms with Gasteiger partial charge in [-0.15, -0.1) is 0 Å². The number of anilines is 1. The average Bonchev–Trinajstić information content (AvgIpc) is 2.49. The fourth-order valence-electron chi connectivity index (χ4n) is 2.83. The summed E-state index contributed by atoms with van der Waals surface area (Å²) in [7, 11) is 1.55. The zero-order valence-corrected chi connectivity index (χ0v) is 12.4. The van der Waals surface area contributed by atoms with Gasteiger partial charge >= 0.3 is 0 Å². The molecule has 1 aliphatic heterocycles. The SMILES string of the molecule is COc1ccc(Cc2ccc3c(c2)CCC(C)N3)c(F)c1. The van der Waals surface area contributed by atoms with Gasteiger partial charge in [-0.1, -0.05) is 18.2 Å². The van der Waals surface area contributed by atoms with Crippen LogP contribution in [-0.4, -0.2) is 13.2 Å². The fourth-order valence-corrected chi connectivity index (χ4v) is 2.83. The van der Waals surface area contributed by atoms with Crippen molar-refractivity contribution in [3.63, 3.8) is 0 Å². The minimum atomic E-state index is -0.209. The Morgan fingerprint density at radius 3 is 2.86 bits per heavy atom. The highest BCUT2D eigenvalue weighted by Gasteiger charge is 2.14. The first-order valence-corrected chi connectivity index (χ1v) is 7.36. The van der Waals surface area contributed by atoms with E-state index in [1.165, 1.54) is 17.3 Å². The Morgan fingerprint density at radius 2 is 2.10 bits per heavy atom. The maximum absolute atomic E-state index is 14.0. The van der Waals surface area contributed by atoms with Crippen molar-refractivity contribution >= 4 is 5.69 Å². The Balaban J connectivity index is 1.82. The number of benzene rings is 2. The lowest BCUT2D eigenvalue weighted by Crippen LogP contribution is -2.21. The first kappa shape index (κ1) is 13.9. The van der Waals surface area contributed by atoms with Gasteiger partial charge in [0.25, 0.3) is 0 Å². The van der Waals surface area contributed by atoms with Crippen LogP contribution in [0.5, 0.6) is 5.75 Å². The maximum Gasteiger partial charge on any atom is 0.130 e. The molecule has 1 aliphatic rings. The molecule has 1 heterocycles. The van der Waals surface area contributed by atoms with Crippen molar-refractivity contribution in [1.29, 1.82) is 0 Å². The van der Waals surface area contributed by atoms with Crippen molar-refractivity contribution < 1.29 is 9.13 Å². The number of rotatable bonds is 3. The third-order valence-electron chi connectivity index (χ3n) is 4.07. The Kier molecular flexibility index (Phi) is 3.82. The van der Waals surface area contributed by atoms with E-state index in [0.29, 0.717) is 23.8 Å². The summed E-state index contributed by atoms with van der Waals surface area (Å²) in [5.41, 5.74) is 4.40. The van der Waals surface area contributed by atoms with Crippen LogP contribution in [0.15, 0.2) is 36.4 Å². The van der Waals surface area contributed by atoms with Crippen molar-refractivity contribution in [2.24, 2.45) is 0 Å². The summed E-state index contributed by atoms with van der Waals surface area (Å²) in [6.07, 6.45) is 2.84. The molecule has 0 aromatic heterocycles. The summed E-state index contributed by atoms with van der Waals surface area (Å²) in [6.45, 7) is 2.20. The third-order valence-corrected chi connectivity index (χ3v) is 4.07. The zero-order valence-electron chi connectivity index (χ0n) is 12.4. The van der Waals surface area contributed by atoms with Gasteiger partial charge in [-0.05, 0) is 48.6 Å². The fraction of sp³-hybridized carbons (Fsp3) is 0.333. The Labute approximate surface area is 125 Å². The van der Waals surface area contributed by atoms with E-state index in [-0.39, 0.29) is 5.82 Å². The Hall–Kier alpha value is -2.03. The molecule has 0 saturated carbocycles. The van der Waals surface area contributed by atoms with E-state index in [4.69, 9.17) is 4.74 Å². The van der Waals surface area contributed by atoms with E-state index in [0.717, 1.165) is 18.4 Å². The topological polar surface area (TPSA) is 21.3 Å². The van der Waals surface area contributed by atoms with Gasteiger partial charge in [-0.25, -0.2) is 4.39 Å². The van der Waals surface area contributed by atoms with Crippen molar-refractivity contribution in [3.8, 4) is 5.75 Å². The molecule has 0 bridgehead atoms. The van der Waals surface area contributed by atoms with E-state index in [1.54, 1.807) is 19.2 Å². The van der Waals surface area contributed by atoms with Gasteiger partial charge < -0.3 is 10.1 Å². The van der Waals surface area contributed by atoms with Gasteiger partial charge in [0.2, 0.25) is 0 Å². The lowest BCUT2D eigenvalue weighted by Gasteiger charge is -2.24. The predicted octanol–water partition coefficient (Wildman–Crippen LogP) is 4.17. The minimum Gasteiger partial charge on any atom is -0.497 e. The predicted molar refractivity (Wildman–Crippen MR) is 83.6 cm³/mol. The van der Waals surface area contributed by atoms with Crippen LogP contribution in [0, 0.1) is 5.82 Å². The molecule has 0 fully saturated rings. The number of fused-ring (bicyclic) bond motifs is 1. The lowest BCUT2D eigenvalue weighted by molar-refractivity contribution is 0.411. The van der Waals surface area contributed by atoms with Crippen LogP contribution < -0.4 is 10.1 Å². The van der Waals surface area contributed by atoms with Gasteiger partial charge in [0, 0.05) is 24.2 Å². The van der Waals surface area contributed by atoms with E-state index in [9.17, 15) is 4.39 Å². The highest BCUT2D eigenvalue weighted by molar-refractivity contribution is 5.55. The highest BCUT2D eigenvalue weighted by Crippen LogP contribution is 2.27. The molecule has 110 valence electrons. The van der Waals surface area contributed by atoms with Crippen molar-refractivity contribution in [1.82, 2.24) is 0 Å². The summed E-state index contributed by atoms with van der Waals surface area (Å²) in [5, 5.41) is 3.49. The molecule has 0 amide bonds. The molecule has 1 unspecified atom stereocenters. The number of aryl methyl sites for hydroxylation is 1. The Morgan fingerprint density at radius 1 is 1.24 bits per heavy atom. The monoisotopic (exact) mass is 285 g/mol. The van der Waals surface area contributed by atoms with Gasteiger partial charge in [0.05, 0.1) is 7.11 Å². The average molecular weight is 285 g/mol. The molecular weight excluding hydrogens is 265 g/mol. The number of ether oxygens (including phenoxy) is 1. The van der Waals surface area contributed by atoms with Crippen LogP contribution in [0.1, 0.15) is 30.0 Å². The highest BCUT2D eigenvalue weighted by atomic mass is 19.1. The molecule has 3 heteroatoms. The second-order valence-electron chi connectivity index (χ2n) is 5.71. The summed E-state index contributed by atoms with van der Waals surface area (Å²) >= 11 is 0. The van der Waals surface area contributed by atoms with Crippen LogP contribution in [0.3, 0.4) is 0 Å². The van der Waals surface area contributed by atoms with Crippen LogP contribution in [0.25, 0.3) is 0 Å². The van der Waals surface area contributed by atoms with E-state index >= 15 is 0 Å². The molecular formula is C18H20FNO. The van der Waals surface area contributed by atoms with Crippen molar-refractivity contribution in [2.45, 2.75) is 32.2 Å². The largest absolute Gasteiger partial charge is 0.497 e. The molecule has 21 heavy (non-hydrogen) atoms. The molecule has 0 saturated heterocycles. The van der Waals surface area contributed by atoms with Gasteiger partial charge in [-0.2, -0.15) is 0 Å². The van der Waals surface area contributed by atoms with Gasteiger partial charge in [0.15, 0.2) is 0 Å². The number of hydrogen-bond acceptors (Lipinski definition) is 2. The minimum absolute atomic E-state index is 0.209. The first-order valence-electron chi connectivity index (χ1n) is 7.36. The zero-order chi connectivity index (χ0) is 14.8. The second kappa shape index (κ2) is 5.76. The van der Waals surface area contributed by atoms with Gasteiger partial charge in [0.1, 0.15) is 11.6 Å². The summed E-state index contributed by atoms with van der Waals surface area (Å²) in [4.78, 5) is 0. The molecule has 1 N–H and O–H groups in total. The molecule has 0 radical (unpaired) electrons. The van der Waals surface area contributed by atoms with Crippen molar-refractivity contribution in [2.75, 3.05) is 12.4 Å². The summed E-state index contributed by atoms with van der Waals surface area (Å²) in [6, 6.07) is 12.0. The molecule has 2 aromatic rings. The standard InChI is InChI=1S/C18H20FNO/c1-12-3-5-15-10-13(4-8-18(15)20-12)9-14-6-7-16(21-2)11-17(14)19/h4,6-8,10-12,20H,3,5,9H2,1-2H3. The molecule has 0 spiro atoms. The van der Waals surface area contributed by atoms with Crippen molar-refractivity contribution in [3.05, 3.63) is 58.9 Å². The number of halogens is 1. The number of hydrogen-bond donors (Lipinski definition) is 1. The third kappa shape index (κ3) is 3.02. The van der Waals surface area contributed by atoms with Crippen LogP contribution in [0.4, 0.5) is 10.1 Å². The maximum atomic E-state index is 14.0. The smallest absolute Gasteiger partial charge is 0.130 e. The van der Waals surface area contributed by atoms with E-state index < -0.39 is 0 Å². The lowest BCUT2D eigenvalue weighted by atomic mass is 9.95. The van der Waals surface area contributed by atoms with Crippen LogP contribution in [-0.2, 0) is 12.8 Å². The molecule has 2 nitrogen and oxygen atoms in total. The number of nitrogens with one attached hydrogen (secondary N) is 1. The van der Waals surface area contributed by atoms with E-state index in [2.05, 4.69) is 30.4 Å². The molecule has 3 rings (SSSR count). The second-order valence-corrected chi connectivity index (χ2v) is 5.71. The normalized spacial score (nSPS) is 17.0. The molecule has 0 aliphatic carbocycles. The summed E-state index contributed by atoms with van der Waals surface area (Å²) in [5.74, 6) is 0.346. The quantitative estimate of drug-likeness (QED) is 0.913. The first-order chi connectivity index (χ1) is 10.2. The van der Waals surface area contributed by atoms with Crippen LogP contribution in [0.2, 0.25) is 0 Å². The number of methoxy groups -OCH3 is 1. The Bertz CT molecular complexity index is 654. The molecule has 1 atom stereocenters.